The van der Waals surface area contributed by atoms with Crippen LogP contribution in [-0.4, -0.2) is 17.4 Å². The first-order chi connectivity index (χ1) is 6.80. The topological polar surface area (TPSA) is 26.0 Å². The quantitative estimate of drug-likeness (QED) is 0.682. The highest BCUT2D eigenvalue weighted by molar-refractivity contribution is 5.13. The fourth-order valence-corrected chi connectivity index (χ4v) is 2.71. The molecule has 88 valence electrons. The molecule has 2 atom stereocenters. The molecule has 0 aromatic rings. The van der Waals surface area contributed by atoms with Gasteiger partial charge in [-0.2, -0.15) is 13.2 Å². The van der Waals surface area contributed by atoms with Gasteiger partial charge in [-0.05, 0) is 32.1 Å². The summed E-state index contributed by atoms with van der Waals surface area (Å²) in [6.45, 7) is 0. The Hall–Kier alpha value is -0.320. The first kappa shape index (κ1) is 11.2. The van der Waals surface area contributed by atoms with Crippen LogP contribution in [0.15, 0.2) is 0 Å². The third-order valence-electron chi connectivity index (χ3n) is 3.83. The average Bonchev–Trinajstić information content (AvgIpc) is 2.83. The highest BCUT2D eigenvalue weighted by Crippen LogP contribution is 2.57. The zero-order valence-electron chi connectivity index (χ0n) is 8.41. The van der Waals surface area contributed by atoms with E-state index in [1.165, 1.54) is 0 Å². The number of hydrogen-bond acceptors (Lipinski definition) is 1. The molecule has 2 saturated carbocycles. The predicted molar refractivity (Wildman–Crippen MR) is 48.0 cm³/mol. The van der Waals surface area contributed by atoms with Crippen LogP contribution in [0.3, 0.4) is 0 Å². The van der Waals surface area contributed by atoms with Crippen LogP contribution in [-0.2, 0) is 0 Å². The van der Waals surface area contributed by atoms with E-state index in [4.69, 9.17) is 5.73 Å². The molecule has 0 aromatic heterocycles. The third-order valence-corrected chi connectivity index (χ3v) is 3.83. The Balaban J connectivity index is 2.26. The van der Waals surface area contributed by atoms with Crippen molar-refractivity contribution in [3.05, 3.63) is 0 Å². The molecule has 0 heterocycles. The van der Waals surface area contributed by atoms with Crippen LogP contribution in [0.1, 0.15) is 38.5 Å². The van der Waals surface area contributed by atoms with E-state index in [-0.39, 0.29) is 6.42 Å². The van der Waals surface area contributed by atoms with Gasteiger partial charge in [0.1, 0.15) is 0 Å². The molecule has 2 N–H and O–H groups in total. The van der Waals surface area contributed by atoms with Crippen molar-refractivity contribution in [2.75, 3.05) is 0 Å². The van der Waals surface area contributed by atoms with Crippen molar-refractivity contribution in [1.82, 2.24) is 0 Å². The highest BCUT2D eigenvalue weighted by atomic mass is 19.4. The van der Waals surface area contributed by atoms with Crippen molar-refractivity contribution in [2.24, 2.45) is 11.7 Å². The predicted octanol–water partition coefficient (Wildman–Crippen LogP) is 2.94. The second kappa shape index (κ2) is 3.09. The lowest BCUT2D eigenvalue weighted by Crippen LogP contribution is -2.56. The molecule has 0 spiro atoms. The standard InChI is InChI=1S/C10H15F4N/c11-9(10(12,13)14)4-2-1-3-7(9)8(15)5-6-8/h7H,1-6,15H2. The lowest BCUT2D eigenvalue weighted by Gasteiger charge is -2.42. The summed E-state index contributed by atoms with van der Waals surface area (Å²) in [6, 6.07) is 0. The number of hydrogen-bond donors (Lipinski definition) is 1. The molecule has 0 aliphatic heterocycles. The molecule has 0 radical (unpaired) electrons. The summed E-state index contributed by atoms with van der Waals surface area (Å²) in [4.78, 5) is 0. The Kier molecular flexibility index (Phi) is 2.30. The van der Waals surface area contributed by atoms with E-state index < -0.39 is 29.7 Å². The van der Waals surface area contributed by atoms with Gasteiger partial charge in [-0.15, -0.1) is 0 Å². The van der Waals surface area contributed by atoms with Crippen molar-refractivity contribution < 1.29 is 17.6 Å². The van der Waals surface area contributed by atoms with Crippen molar-refractivity contribution >= 4 is 0 Å². The molecular formula is C10H15F4N. The van der Waals surface area contributed by atoms with Gasteiger partial charge in [0, 0.05) is 11.5 Å². The largest absolute Gasteiger partial charge is 0.422 e. The molecule has 2 aliphatic rings. The molecule has 1 nitrogen and oxygen atoms in total. The minimum atomic E-state index is -4.77. The van der Waals surface area contributed by atoms with Gasteiger partial charge in [0.2, 0.25) is 5.67 Å². The van der Waals surface area contributed by atoms with Crippen molar-refractivity contribution in [2.45, 2.75) is 55.9 Å². The van der Waals surface area contributed by atoms with E-state index in [1.807, 2.05) is 0 Å². The molecule has 2 rings (SSSR count). The van der Waals surface area contributed by atoms with E-state index in [1.54, 1.807) is 0 Å². The van der Waals surface area contributed by atoms with Crippen LogP contribution in [0.4, 0.5) is 17.6 Å². The van der Waals surface area contributed by atoms with Crippen LogP contribution in [0.25, 0.3) is 0 Å². The summed E-state index contributed by atoms with van der Waals surface area (Å²) < 4.78 is 52.2. The summed E-state index contributed by atoms with van der Waals surface area (Å²) in [6.07, 6.45) is -2.90. The molecule has 0 amide bonds. The Labute approximate surface area is 86.0 Å². The van der Waals surface area contributed by atoms with Crippen LogP contribution in [0.2, 0.25) is 0 Å². The highest BCUT2D eigenvalue weighted by Gasteiger charge is 2.67. The maximum atomic E-state index is 14.1. The van der Waals surface area contributed by atoms with Gasteiger partial charge < -0.3 is 5.73 Å². The molecule has 2 aliphatic carbocycles. The van der Waals surface area contributed by atoms with E-state index in [0.717, 1.165) is 0 Å². The molecule has 0 bridgehead atoms. The number of rotatable bonds is 1. The number of alkyl halides is 4. The summed E-state index contributed by atoms with van der Waals surface area (Å²) in [5.74, 6) is -1.03. The summed E-state index contributed by atoms with van der Waals surface area (Å²) in [5.41, 5.74) is 1.82. The van der Waals surface area contributed by atoms with Crippen LogP contribution in [0.5, 0.6) is 0 Å². The van der Waals surface area contributed by atoms with Gasteiger partial charge in [-0.1, -0.05) is 6.42 Å². The normalized spacial score (nSPS) is 40.2. The van der Waals surface area contributed by atoms with Gasteiger partial charge in [0.05, 0.1) is 0 Å². The summed E-state index contributed by atoms with van der Waals surface area (Å²) in [5, 5.41) is 0. The number of halogens is 4. The zero-order chi connectivity index (χ0) is 11.3. The van der Waals surface area contributed by atoms with E-state index in [9.17, 15) is 17.6 Å². The van der Waals surface area contributed by atoms with Gasteiger partial charge in [0.15, 0.2) is 0 Å². The second-order valence-corrected chi connectivity index (χ2v) is 4.89. The van der Waals surface area contributed by atoms with Gasteiger partial charge in [0.25, 0.3) is 0 Å². The Morgan fingerprint density at radius 3 is 2.13 bits per heavy atom. The smallest absolute Gasteiger partial charge is 0.325 e. The Morgan fingerprint density at radius 2 is 1.67 bits per heavy atom. The van der Waals surface area contributed by atoms with E-state index in [0.29, 0.717) is 25.7 Å². The fourth-order valence-electron chi connectivity index (χ4n) is 2.71. The maximum absolute atomic E-state index is 14.1. The van der Waals surface area contributed by atoms with Crippen molar-refractivity contribution in [1.29, 1.82) is 0 Å². The van der Waals surface area contributed by atoms with Crippen molar-refractivity contribution in [3.8, 4) is 0 Å². The second-order valence-electron chi connectivity index (χ2n) is 4.89. The average molecular weight is 225 g/mol. The SMILES string of the molecule is NC1(C2CCCCC2(F)C(F)(F)F)CC1. The first-order valence-corrected chi connectivity index (χ1v) is 5.34. The monoisotopic (exact) mass is 225 g/mol. The van der Waals surface area contributed by atoms with Crippen LogP contribution >= 0.6 is 0 Å². The Morgan fingerprint density at radius 1 is 1.07 bits per heavy atom. The summed E-state index contributed by atoms with van der Waals surface area (Å²) >= 11 is 0. The van der Waals surface area contributed by atoms with Crippen molar-refractivity contribution in [3.63, 3.8) is 0 Å². The van der Waals surface area contributed by atoms with Gasteiger partial charge in [-0.3, -0.25) is 0 Å². The van der Waals surface area contributed by atoms with Gasteiger partial charge in [-0.25, -0.2) is 4.39 Å². The molecular weight excluding hydrogens is 210 g/mol. The zero-order valence-corrected chi connectivity index (χ0v) is 8.41. The third kappa shape index (κ3) is 1.65. The van der Waals surface area contributed by atoms with Crippen LogP contribution in [0, 0.1) is 5.92 Å². The lowest BCUT2D eigenvalue weighted by atomic mass is 9.71. The van der Waals surface area contributed by atoms with Gasteiger partial charge >= 0.3 is 6.18 Å². The molecule has 0 saturated heterocycles. The van der Waals surface area contributed by atoms with Crippen LogP contribution < -0.4 is 5.73 Å². The van der Waals surface area contributed by atoms with E-state index in [2.05, 4.69) is 0 Å². The summed E-state index contributed by atoms with van der Waals surface area (Å²) in [7, 11) is 0. The molecule has 2 fully saturated rings. The molecule has 0 aromatic carbocycles. The lowest BCUT2D eigenvalue weighted by molar-refractivity contribution is -0.261. The number of nitrogens with two attached hydrogens (primary N) is 1. The Bertz CT molecular complexity index is 259. The minimum Gasteiger partial charge on any atom is -0.325 e. The first-order valence-electron chi connectivity index (χ1n) is 5.34. The molecule has 2 unspecified atom stereocenters. The minimum absolute atomic E-state index is 0.270. The van der Waals surface area contributed by atoms with E-state index >= 15 is 0 Å². The molecule has 5 heteroatoms. The maximum Gasteiger partial charge on any atom is 0.422 e. The molecule has 15 heavy (non-hydrogen) atoms. The fraction of sp³-hybridized carbons (Fsp3) is 1.00.